The summed E-state index contributed by atoms with van der Waals surface area (Å²) in [4.78, 5) is 16.8. The second kappa shape index (κ2) is 5.86. The molecule has 1 heterocycles. The van der Waals surface area contributed by atoms with Crippen LogP contribution in [0.4, 0.5) is 0 Å². The van der Waals surface area contributed by atoms with E-state index in [2.05, 4.69) is 29.0 Å². The van der Waals surface area contributed by atoms with Crippen LogP contribution in [0.5, 0.6) is 0 Å². The first-order valence-electron chi connectivity index (χ1n) is 8.53. The van der Waals surface area contributed by atoms with Crippen LogP contribution in [0.1, 0.15) is 46.0 Å². The molecule has 120 valence electrons. The van der Waals surface area contributed by atoms with Crippen LogP contribution in [0.2, 0.25) is 0 Å². The topological polar surface area (TPSA) is 55.8 Å². The molecule has 5 nitrogen and oxygen atoms in total. The Bertz CT molecular complexity index is 399. The van der Waals surface area contributed by atoms with Gasteiger partial charge < -0.3 is 5.11 Å². The number of likely N-dealkylation sites (N-methyl/N-ethyl adjacent to an activating group) is 1. The average Bonchev–Trinajstić information content (AvgIpc) is 3.15. The van der Waals surface area contributed by atoms with E-state index in [0.29, 0.717) is 18.1 Å². The molecule has 0 amide bonds. The van der Waals surface area contributed by atoms with E-state index in [1.165, 1.54) is 0 Å². The molecule has 0 aromatic carbocycles. The van der Waals surface area contributed by atoms with Gasteiger partial charge in [-0.05, 0) is 45.6 Å². The van der Waals surface area contributed by atoms with Crippen molar-refractivity contribution in [1.82, 2.24) is 15.1 Å². The molecule has 2 N–H and O–H groups in total. The monoisotopic (exact) mass is 295 g/mol. The summed E-state index contributed by atoms with van der Waals surface area (Å²) in [5, 5.41) is 13.1. The second-order valence-electron chi connectivity index (χ2n) is 7.18. The Kier molecular flexibility index (Phi) is 4.26. The molecule has 0 radical (unpaired) electrons. The normalized spacial score (nSPS) is 38.8. The Labute approximate surface area is 127 Å². The zero-order valence-electron chi connectivity index (χ0n) is 13.3. The van der Waals surface area contributed by atoms with Crippen molar-refractivity contribution in [2.75, 3.05) is 26.2 Å². The number of carboxylic acid groups (broad SMARTS) is 1. The lowest BCUT2D eigenvalue weighted by Gasteiger charge is -2.42. The minimum atomic E-state index is -0.656. The van der Waals surface area contributed by atoms with Crippen molar-refractivity contribution >= 4 is 5.97 Å². The molecule has 5 heteroatoms. The number of aliphatic carboxylic acids is 1. The van der Waals surface area contributed by atoms with Crippen molar-refractivity contribution in [1.29, 1.82) is 0 Å². The summed E-state index contributed by atoms with van der Waals surface area (Å²) in [7, 11) is 0. The summed E-state index contributed by atoms with van der Waals surface area (Å²) in [6, 6.07) is 1.48. The van der Waals surface area contributed by atoms with Crippen molar-refractivity contribution in [3.05, 3.63) is 0 Å². The highest BCUT2D eigenvalue weighted by atomic mass is 16.4. The quantitative estimate of drug-likeness (QED) is 0.796. The van der Waals surface area contributed by atoms with Crippen LogP contribution in [0.3, 0.4) is 0 Å². The van der Waals surface area contributed by atoms with Gasteiger partial charge in [0, 0.05) is 37.8 Å². The van der Waals surface area contributed by atoms with Crippen LogP contribution >= 0.6 is 0 Å². The molecule has 0 bridgehead atoms. The number of hydrogen-bond donors (Lipinski definition) is 2. The lowest BCUT2D eigenvalue weighted by atomic mass is 9.96. The predicted molar refractivity (Wildman–Crippen MR) is 82.4 cm³/mol. The number of carboxylic acids is 1. The molecule has 0 aromatic rings. The summed E-state index contributed by atoms with van der Waals surface area (Å²) < 4.78 is 0. The van der Waals surface area contributed by atoms with Gasteiger partial charge in [-0.2, -0.15) is 0 Å². The third-order valence-corrected chi connectivity index (χ3v) is 5.67. The fraction of sp³-hybridized carbons (Fsp3) is 0.938. The largest absolute Gasteiger partial charge is 0.480 e. The van der Waals surface area contributed by atoms with Crippen LogP contribution in [0.15, 0.2) is 0 Å². The Morgan fingerprint density at radius 2 is 2.10 bits per heavy atom. The minimum absolute atomic E-state index is 0.439. The summed E-state index contributed by atoms with van der Waals surface area (Å²) in [5.74, 6) is -0.642. The van der Waals surface area contributed by atoms with E-state index >= 15 is 0 Å². The SMILES string of the molecule is CCN1CCN(C2CCC(NC3CC3)(C(=O)O)C2)CC1C. The Balaban J connectivity index is 1.61. The fourth-order valence-electron chi connectivity index (χ4n) is 4.16. The van der Waals surface area contributed by atoms with E-state index in [1.807, 2.05) is 0 Å². The highest BCUT2D eigenvalue weighted by Gasteiger charge is 2.49. The minimum Gasteiger partial charge on any atom is -0.480 e. The maximum absolute atomic E-state index is 11.8. The van der Waals surface area contributed by atoms with E-state index in [-0.39, 0.29) is 0 Å². The molecule has 0 spiro atoms. The maximum Gasteiger partial charge on any atom is 0.323 e. The molecule has 21 heavy (non-hydrogen) atoms. The molecular formula is C16H29N3O2. The molecule has 3 unspecified atom stereocenters. The number of hydrogen-bond acceptors (Lipinski definition) is 4. The van der Waals surface area contributed by atoms with Crippen molar-refractivity contribution in [2.24, 2.45) is 0 Å². The predicted octanol–water partition coefficient (Wildman–Crippen LogP) is 1.14. The number of nitrogens with zero attached hydrogens (tertiary/aromatic N) is 2. The highest BCUT2D eigenvalue weighted by molar-refractivity contribution is 5.79. The lowest BCUT2D eigenvalue weighted by Crippen LogP contribution is -2.56. The van der Waals surface area contributed by atoms with E-state index in [1.54, 1.807) is 0 Å². The van der Waals surface area contributed by atoms with Crippen molar-refractivity contribution in [3.8, 4) is 0 Å². The van der Waals surface area contributed by atoms with E-state index in [9.17, 15) is 9.90 Å². The summed E-state index contributed by atoms with van der Waals surface area (Å²) >= 11 is 0. The van der Waals surface area contributed by atoms with Crippen LogP contribution in [-0.2, 0) is 4.79 Å². The second-order valence-corrected chi connectivity index (χ2v) is 7.18. The van der Waals surface area contributed by atoms with Gasteiger partial charge in [-0.3, -0.25) is 19.9 Å². The molecule has 1 aliphatic heterocycles. The van der Waals surface area contributed by atoms with Gasteiger partial charge in [-0.15, -0.1) is 0 Å². The Morgan fingerprint density at radius 3 is 2.67 bits per heavy atom. The van der Waals surface area contributed by atoms with Gasteiger partial charge >= 0.3 is 5.97 Å². The van der Waals surface area contributed by atoms with Gasteiger partial charge in [0.2, 0.25) is 0 Å². The zero-order valence-corrected chi connectivity index (χ0v) is 13.3. The van der Waals surface area contributed by atoms with Gasteiger partial charge in [0.15, 0.2) is 0 Å². The van der Waals surface area contributed by atoms with Gasteiger partial charge in [0.05, 0.1) is 0 Å². The molecule has 1 saturated heterocycles. The molecule has 3 aliphatic rings. The van der Waals surface area contributed by atoms with Gasteiger partial charge in [0.1, 0.15) is 5.54 Å². The molecular weight excluding hydrogens is 266 g/mol. The van der Waals surface area contributed by atoms with Crippen molar-refractivity contribution in [3.63, 3.8) is 0 Å². The number of rotatable bonds is 5. The van der Waals surface area contributed by atoms with E-state index in [4.69, 9.17) is 0 Å². The third-order valence-electron chi connectivity index (χ3n) is 5.67. The lowest BCUT2D eigenvalue weighted by molar-refractivity contribution is -0.145. The first kappa shape index (κ1) is 15.3. The average molecular weight is 295 g/mol. The molecule has 0 aromatic heterocycles. The van der Waals surface area contributed by atoms with Crippen molar-refractivity contribution in [2.45, 2.75) is 69.6 Å². The first-order valence-corrected chi connectivity index (χ1v) is 8.53. The maximum atomic E-state index is 11.8. The summed E-state index contributed by atoms with van der Waals surface area (Å²) in [5.41, 5.74) is -0.656. The van der Waals surface area contributed by atoms with Gasteiger partial charge in [0.25, 0.3) is 0 Å². The molecule has 2 saturated carbocycles. The van der Waals surface area contributed by atoms with Crippen LogP contribution < -0.4 is 5.32 Å². The smallest absolute Gasteiger partial charge is 0.323 e. The van der Waals surface area contributed by atoms with Crippen molar-refractivity contribution < 1.29 is 9.90 Å². The number of carbonyl (C=O) groups is 1. The first-order chi connectivity index (χ1) is 10.0. The Hall–Kier alpha value is -0.650. The van der Waals surface area contributed by atoms with E-state index < -0.39 is 11.5 Å². The van der Waals surface area contributed by atoms with Crippen LogP contribution in [-0.4, -0.2) is 70.7 Å². The highest BCUT2D eigenvalue weighted by Crippen LogP contribution is 2.37. The summed E-state index contributed by atoms with van der Waals surface area (Å²) in [6.45, 7) is 8.90. The van der Waals surface area contributed by atoms with Crippen LogP contribution in [0, 0.1) is 0 Å². The van der Waals surface area contributed by atoms with Gasteiger partial charge in [-0.25, -0.2) is 0 Å². The zero-order chi connectivity index (χ0) is 15.0. The molecule has 3 fully saturated rings. The fourth-order valence-corrected chi connectivity index (χ4v) is 4.16. The van der Waals surface area contributed by atoms with Gasteiger partial charge in [-0.1, -0.05) is 6.92 Å². The Morgan fingerprint density at radius 1 is 1.33 bits per heavy atom. The number of piperazine rings is 1. The molecule has 3 rings (SSSR count). The van der Waals surface area contributed by atoms with E-state index in [0.717, 1.165) is 58.3 Å². The standard InChI is InChI=1S/C16H29N3O2/c1-3-18-8-9-19(11-12(18)2)14-6-7-16(10-14,15(20)21)17-13-4-5-13/h12-14,17H,3-11H2,1-2H3,(H,20,21). The number of nitrogens with one attached hydrogen (secondary N) is 1. The molecule has 3 atom stereocenters. The summed E-state index contributed by atoms with van der Waals surface area (Å²) in [6.07, 6.45) is 4.87. The van der Waals surface area contributed by atoms with Crippen LogP contribution in [0.25, 0.3) is 0 Å². The molecule has 2 aliphatic carbocycles. The third kappa shape index (κ3) is 3.10.